The zero-order valence-electron chi connectivity index (χ0n) is 4.47. The molecule has 1 unspecified atom stereocenters. The van der Waals surface area contributed by atoms with E-state index in [1.165, 1.54) is 6.34 Å². The first kappa shape index (κ1) is 4.94. The van der Waals surface area contributed by atoms with Gasteiger partial charge in [0.25, 0.3) is 0 Å². The van der Waals surface area contributed by atoms with E-state index in [9.17, 15) is 0 Å². The van der Waals surface area contributed by atoms with Gasteiger partial charge in [0, 0.05) is 6.21 Å². The third-order valence-electron chi connectivity index (χ3n) is 1.07. The molecular weight excluding hydrogens is 135 g/mol. The Kier molecular flexibility index (Phi) is 0.993. The zero-order chi connectivity index (χ0) is 6.10. The molecular formula is C4H3N4P. The summed E-state index contributed by atoms with van der Waals surface area (Å²) in [5.41, 5.74) is 0. The molecule has 1 atom stereocenters. The van der Waals surface area contributed by atoms with Crippen molar-refractivity contribution in [2.24, 2.45) is 19.5 Å². The van der Waals surface area contributed by atoms with Gasteiger partial charge in [0.1, 0.15) is 6.34 Å². The van der Waals surface area contributed by atoms with Crippen molar-refractivity contribution in [1.82, 2.24) is 0 Å². The number of hydrogen-bond donors (Lipinski definition) is 0. The van der Waals surface area contributed by atoms with Crippen molar-refractivity contribution in [1.29, 1.82) is 0 Å². The molecule has 0 aromatic carbocycles. The largest absolute Gasteiger partial charge is 0.246 e. The molecule has 5 heteroatoms. The molecule has 0 aromatic rings. The Morgan fingerprint density at radius 2 is 2.56 bits per heavy atom. The molecule has 2 aliphatic heterocycles. The lowest BCUT2D eigenvalue weighted by Gasteiger charge is -2.00. The fourth-order valence-corrected chi connectivity index (χ4v) is 1.24. The van der Waals surface area contributed by atoms with Gasteiger partial charge < -0.3 is 0 Å². The molecule has 0 aliphatic carbocycles. The van der Waals surface area contributed by atoms with E-state index in [0.29, 0.717) is 0 Å². The summed E-state index contributed by atoms with van der Waals surface area (Å²) in [6.45, 7) is 0. The van der Waals surface area contributed by atoms with Gasteiger partial charge in [-0.3, -0.25) is 0 Å². The predicted octanol–water partition coefficient (Wildman–Crippen LogP) is 0.925. The van der Waals surface area contributed by atoms with Crippen molar-refractivity contribution in [2.45, 2.75) is 6.04 Å². The van der Waals surface area contributed by atoms with Gasteiger partial charge in [0.2, 0.25) is 0 Å². The van der Waals surface area contributed by atoms with E-state index in [-0.39, 0.29) is 6.04 Å². The van der Waals surface area contributed by atoms with Crippen LogP contribution in [0.3, 0.4) is 0 Å². The van der Waals surface area contributed by atoms with Crippen molar-refractivity contribution >= 4 is 26.9 Å². The molecule has 0 spiro atoms. The average molecular weight is 138 g/mol. The summed E-state index contributed by atoms with van der Waals surface area (Å²) < 4.78 is 8.05. The highest BCUT2D eigenvalue weighted by molar-refractivity contribution is 7.26. The second-order valence-electron chi connectivity index (χ2n) is 1.65. The number of nitrogens with zero attached hydrogens (tertiary/aromatic N) is 4. The van der Waals surface area contributed by atoms with Crippen molar-refractivity contribution in [3.63, 3.8) is 0 Å². The molecule has 44 valence electrons. The summed E-state index contributed by atoms with van der Waals surface area (Å²) in [5, 5.41) is 0. The number of fused-ring (bicyclic) bond motifs is 1. The number of amidine groups is 1. The Morgan fingerprint density at radius 1 is 1.56 bits per heavy atom. The molecule has 0 aromatic heterocycles. The van der Waals surface area contributed by atoms with Gasteiger partial charge in [-0.15, -0.1) is 0 Å². The molecule has 2 heterocycles. The minimum absolute atomic E-state index is 0.0386. The van der Waals surface area contributed by atoms with Crippen molar-refractivity contribution in [2.75, 3.05) is 0 Å². The highest BCUT2D eigenvalue weighted by Gasteiger charge is 2.16. The molecule has 0 fully saturated rings. The first-order chi connectivity index (χ1) is 4.47. The molecule has 0 N–H and O–H groups in total. The Labute approximate surface area is 53.4 Å². The Morgan fingerprint density at radius 3 is 3.44 bits per heavy atom. The van der Waals surface area contributed by atoms with E-state index in [2.05, 4.69) is 19.5 Å². The quantitative estimate of drug-likeness (QED) is 0.447. The number of aliphatic imine (C=N–C) groups is 2. The Bertz CT molecular complexity index is 239. The fraction of sp³-hybridized carbons (Fsp3) is 0.250. The van der Waals surface area contributed by atoms with Gasteiger partial charge in [0.05, 0.1) is 0 Å². The van der Waals surface area contributed by atoms with Crippen molar-refractivity contribution in [3.05, 3.63) is 0 Å². The molecule has 2 rings (SSSR count). The molecule has 0 bridgehead atoms. The van der Waals surface area contributed by atoms with E-state index in [0.717, 1.165) is 14.4 Å². The van der Waals surface area contributed by atoms with Crippen LogP contribution in [0, 0.1) is 0 Å². The van der Waals surface area contributed by atoms with Crippen LogP contribution < -0.4 is 0 Å². The van der Waals surface area contributed by atoms with E-state index in [1.807, 2.05) is 0 Å². The van der Waals surface area contributed by atoms with Crippen LogP contribution in [-0.4, -0.2) is 24.4 Å². The summed E-state index contributed by atoms with van der Waals surface area (Å²) in [6, 6.07) is 0.0386. The van der Waals surface area contributed by atoms with Crippen LogP contribution in [-0.2, 0) is 0 Å². The second kappa shape index (κ2) is 1.81. The van der Waals surface area contributed by atoms with E-state index < -0.39 is 0 Å². The lowest BCUT2D eigenvalue weighted by molar-refractivity contribution is 1.18. The predicted molar refractivity (Wildman–Crippen MR) is 37.6 cm³/mol. The minimum atomic E-state index is 0.0386. The van der Waals surface area contributed by atoms with Crippen LogP contribution in [0.15, 0.2) is 19.5 Å². The maximum atomic E-state index is 4.06. The SMILES string of the molecule is C1=NC=NC2=NP=NC12. The summed E-state index contributed by atoms with van der Waals surface area (Å²) in [7, 11) is 0.759. The van der Waals surface area contributed by atoms with Crippen LogP contribution in [0.5, 0.6) is 0 Å². The van der Waals surface area contributed by atoms with Gasteiger partial charge in [-0.25, -0.2) is 14.7 Å². The Hall–Kier alpha value is -0.890. The van der Waals surface area contributed by atoms with E-state index in [1.54, 1.807) is 6.21 Å². The minimum Gasteiger partial charge on any atom is -0.246 e. The van der Waals surface area contributed by atoms with Crippen LogP contribution in [0.2, 0.25) is 0 Å². The smallest absolute Gasteiger partial charge is 0.167 e. The Balaban J connectivity index is 2.40. The topological polar surface area (TPSA) is 49.4 Å². The van der Waals surface area contributed by atoms with Crippen LogP contribution in [0.1, 0.15) is 0 Å². The van der Waals surface area contributed by atoms with Crippen molar-refractivity contribution in [3.8, 4) is 0 Å². The fourth-order valence-electron chi connectivity index (χ4n) is 0.649. The van der Waals surface area contributed by atoms with Crippen LogP contribution in [0.25, 0.3) is 0 Å². The van der Waals surface area contributed by atoms with Crippen molar-refractivity contribution < 1.29 is 0 Å². The maximum absolute atomic E-state index is 4.06. The summed E-state index contributed by atoms with van der Waals surface area (Å²) in [6.07, 6.45) is 3.23. The molecule has 0 radical (unpaired) electrons. The summed E-state index contributed by atoms with van der Waals surface area (Å²) in [5.74, 6) is 0.784. The lowest BCUT2D eigenvalue weighted by Crippen LogP contribution is -2.17. The first-order valence-electron chi connectivity index (χ1n) is 2.50. The van der Waals surface area contributed by atoms with Gasteiger partial charge in [-0.05, 0) is 0 Å². The third kappa shape index (κ3) is 0.715. The summed E-state index contributed by atoms with van der Waals surface area (Å²) in [4.78, 5) is 7.74. The molecule has 0 saturated heterocycles. The highest BCUT2D eigenvalue weighted by atomic mass is 31.1. The molecule has 2 aliphatic rings. The summed E-state index contributed by atoms with van der Waals surface area (Å²) >= 11 is 0. The molecule has 0 amide bonds. The lowest BCUT2D eigenvalue weighted by atomic mass is 10.3. The number of hydrogen-bond acceptors (Lipinski definition) is 4. The number of rotatable bonds is 0. The van der Waals surface area contributed by atoms with E-state index >= 15 is 0 Å². The van der Waals surface area contributed by atoms with Gasteiger partial charge in [-0.2, -0.15) is 4.76 Å². The zero-order valence-corrected chi connectivity index (χ0v) is 5.36. The van der Waals surface area contributed by atoms with Crippen LogP contribution in [0.4, 0.5) is 0 Å². The molecule has 9 heavy (non-hydrogen) atoms. The average Bonchev–Trinajstić information content (AvgIpc) is 2.33. The van der Waals surface area contributed by atoms with Gasteiger partial charge >= 0.3 is 0 Å². The monoisotopic (exact) mass is 138 g/mol. The van der Waals surface area contributed by atoms with E-state index in [4.69, 9.17) is 0 Å². The highest BCUT2D eigenvalue weighted by Crippen LogP contribution is 2.17. The standard InChI is InChI=1S/C4H3N4P/c1-3-4(6-2-5-1)8-9-7-3/h1-3H. The third-order valence-corrected chi connectivity index (χ3v) is 1.72. The van der Waals surface area contributed by atoms with Gasteiger partial charge in [0.15, 0.2) is 20.4 Å². The molecule has 0 saturated carbocycles. The van der Waals surface area contributed by atoms with Crippen LogP contribution >= 0.6 is 8.52 Å². The normalized spacial score (nSPS) is 30.2. The second-order valence-corrected chi connectivity index (χ2v) is 2.26. The maximum Gasteiger partial charge on any atom is 0.167 e. The molecule has 4 nitrogen and oxygen atoms in total. The first-order valence-corrected chi connectivity index (χ1v) is 3.30. The van der Waals surface area contributed by atoms with Gasteiger partial charge in [-0.1, -0.05) is 0 Å².